The zero-order valence-electron chi connectivity index (χ0n) is 13.6. The lowest BCUT2D eigenvalue weighted by Crippen LogP contribution is -2.32. The minimum atomic E-state index is -0.624. The number of ether oxygens (including phenoxy) is 1. The summed E-state index contributed by atoms with van der Waals surface area (Å²) in [6.45, 7) is 1.88. The highest BCUT2D eigenvalue weighted by Gasteiger charge is 2.37. The van der Waals surface area contributed by atoms with Gasteiger partial charge in [-0.2, -0.15) is 5.26 Å². The molecule has 1 aromatic carbocycles. The molecule has 25 heavy (non-hydrogen) atoms. The van der Waals surface area contributed by atoms with Crippen molar-refractivity contribution in [2.24, 2.45) is 5.73 Å². The number of nitrogens with two attached hydrogens (primary N) is 1. The molecule has 1 atom stereocenters. The Morgan fingerprint density at radius 2 is 2.08 bits per heavy atom. The molecule has 1 aromatic heterocycles. The van der Waals surface area contributed by atoms with Gasteiger partial charge in [0.1, 0.15) is 17.4 Å². The molecule has 0 bridgehead atoms. The quantitative estimate of drug-likeness (QED) is 0.897. The number of nitrogens with zero attached hydrogens (tertiary/aromatic N) is 2. The molecule has 2 heterocycles. The summed E-state index contributed by atoms with van der Waals surface area (Å²) >= 11 is 6.37. The largest absolute Gasteiger partial charge is 0.440 e. The molecular formula is C19H16ClN3O2. The van der Waals surface area contributed by atoms with Crippen LogP contribution in [-0.2, 0) is 0 Å². The van der Waals surface area contributed by atoms with Crippen LogP contribution in [0.2, 0.25) is 5.02 Å². The molecule has 0 spiro atoms. The summed E-state index contributed by atoms with van der Waals surface area (Å²) in [5.74, 6) is -0.204. The minimum Gasteiger partial charge on any atom is -0.440 e. The Labute approximate surface area is 149 Å². The SMILES string of the molecule is Cc1cc2c(c(=O)n1C1CC1)[C@H](c1ccccc1Cl)C(C#N)=C(N)O2. The Hall–Kier alpha value is -2.71. The smallest absolute Gasteiger partial charge is 0.258 e. The van der Waals surface area contributed by atoms with E-state index in [-0.39, 0.29) is 23.1 Å². The number of pyridine rings is 1. The third-order valence-corrected chi connectivity index (χ3v) is 5.09. The van der Waals surface area contributed by atoms with Crippen LogP contribution in [0.5, 0.6) is 5.75 Å². The first-order chi connectivity index (χ1) is 12.0. The second-order valence-electron chi connectivity index (χ2n) is 6.42. The van der Waals surface area contributed by atoms with E-state index in [1.165, 1.54) is 0 Å². The molecule has 4 rings (SSSR count). The molecule has 2 aromatic rings. The van der Waals surface area contributed by atoms with E-state index in [1.54, 1.807) is 10.6 Å². The Morgan fingerprint density at radius 1 is 1.36 bits per heavy atom. The van der Waals surface area contributed by atoms with E-state index in [4.69, 9.17) is 22.1 Å². The highest BCUT2D eigenvalue weighted by atomic mass is 35.5. The van der Waals surface area contributed by atoms with Crippen LogP contribution in [0, 0.1) is 18.3 Å². The first-order valence-electron chi connectivity index (χ1n) is 8.11. The van der Waals surface area contributed by atoms with E-state index < -0.39 is 5.92 Å². The van der Waals surface area contributed by atoms with Gasteiger partial charge in [-0.3, -0.25) is 4.79 Å². The summed E-state index contributed by atoms with van der Waals surface area (Å²) in [4.78, 5) is 13.2. The predicted octanol–water partition coefficient (Wildman–Crippen LogP) is 3.36. The van der Waals surface area contributed by atoms with Crippen molar-refractivity contribution >= 4 is 11.6 Å². The molecule has 126 valence electrons. The average molecular weight is 354 g/mol. The first kappa shape index (κ1) is 15.8. The Bertz CT molecular complexity index is 1010. The van der Waals surface area contributed by atoms with Crippen LogP contribution in [0.25, 0.3) is 0 Å². The molecule has 1 aliphatic heterocycles. The maximum Gasteiger partial charge on any atom is 0.258 e. The van der Waals surface area contributed by atoms with E-state index in [0.29, 0.717) is 21.9 Å². The van der Waals surface area contributed by atoms with Gasteiger partial charge < -0.3 is 15.0 Å². The number of benzene rings is 1. The van der Waals surface area contributed by atoms with Gasteiger partial charge >= 0.3 is 0 Å². The summed E-state index contributed by atoms with van der Waals surface area (Å²) in [5.41, 5.74) is 7.99. The van der Waals surface area contributed by atoms with Crippen LogP contribution < -0.4 is 16.0 Å². The molecule has 2 aliphatic rings. The lowest BCUT2D eigenvalue weighted by atomic mass is 9.84. The van der Waals surface area contributed by atoms with Crippen molar-refractivity contribution in [3.63, 3.8) is 0 Å². The Morgan fingerprint density at radius 3 is 2.72 bits per heavy atom. The maximum atomic E-state index is 13.2. The van der Waals surface area contributed by atoms with Crippen LogP contribution in [-0.4, -0.2) is 4.57 Å². The molecule has 1 saturated carbocycles. The van der Waals surface area contributed by atoms with Gasteiger partial charge in [0.2, 0.25) is 5.88 Å². The van der Waals surface area contributed by atoms with Gasteiger partial charge in [-0.15, -0.1) is 0 Å². The van der Waals surface area contributed by atoms with Crippen molar-refractivity contribution in [1.82, 2.24) is 4.57 Å². The molecule has 0 unspecified atom stereocenters. The predicted molar refractivity (Wildman–Crippen MR) is 94.5 cm³/mol. The highest BCUT2D eigenvalue weighted by molar-refractivity contribution is 6.31. The van der Waals surface area contributed by atoms with E-state index in [0.717, 1.165) is 18.5 Å². The van der Waals surface area contributed by atoms with Crippen LogP contribution in [0.4, 0.5) is 0 Å². The number of aryl methyl sites for hydroxylation is 1. The molecule has 5 nitrogen and oxygen atoms in total. The van der Waals surface area contributed by atoms with Crippen molar-refractivity contribution in [3.8, 4) is 11.8 Å². The fourth-order valence-corrected chi connectivity index (χ4v) is 3.71. The first-order valence-corrected chi connectivity index (χ1v) is 8.48. The lowest BCUT2D eigenvalue weighted by molar-refractivity contribution is 0.388. The number of allylic oxidation sites excluding steroid dienone is 1. The normalized spacial score (nSPS) is 19.2. The zero-order valence-corrected chi connectivity index (χ0v) is 14.4. The van der Waals surface area contributed by atoms with E-state index in [2.05, 4.69) is 6.07 Å². The van der Waals surface area contributed by atoms with Crippen molar-refractivity contribution < 1.29 is 4.74 Å². The fraction of sp³-hybridized carbons (Fsp3) is 0.263. The highest BCUT2D eigenvalue weighted by Crippen LogP contribution is 2.44. The third kappa shape index (κ3) is 2.41. The van der Waals surface area contributed by atoms with Gasteiger partial charge in [0.25, 0.3) is 5.56 Å². The molecule has 0 saturated heterocycles. The van der Waals surface area contributed by atoms with E-state index in [1.807, 2.05) is 31.2 Å². The van der Waals surface area contributed by atoms with Gasteiger partial charge in [0.05, 0.1) is 11.5 Å². The average Bonchev–Trinajstić information content (AvgIpc) is 3.39. The van der Waals surface area contributed by atoms with E-state index >= 15 is 0 Å². The molecule has 0 amide bonds. The molecule has 0 radical (unpaired) electrons. The number of rotatable bonds is 2. The fourth-order valence-electron chi connectivity index (χ4n) is 3.47. The molecule has 1 fully saturated rings. The summed E-state index contributed by atoms with van der Waals surface area (Å²) in [7, 11) is 0. The standard InChI is InChI=1S/C19H16ClN3O2/c1-10-8-15-17(19(24)23(10)11-6-7-11)16(13(9-21)18(22)25-15)12-4-2-3-5-14(12)20/h2-5,8,11,16H,6-7,22H2,1H3/t16-/m1/s1. The van der Waals surface area contributed by atoms with Crippen LogP contribution in [0.1, 0.15) is 41.6 Å². The summed E-state index contributed by atoms with van der Waals surface area (Å²) in [5, 5.41) is 10.1. The maximum absolute atomic E-state index is 13.2. The molecule has 1 aliphatic carbocycles. The lowest BCUT2D eigenvalue weighted by Gasteiger charge is -2.27. The second-order valence-corrected chi connectivity index (χ2v) is 6.82. The van der Waals surface area contributed by atoms with Crippen molar-refractivity contribution in [1.29, 1.82) is 5.26 Å². The van der Waals surface area contributed by atoms with Gasteiger partial charge in [-0.25, -0.2) is 0 Å². The molecule has 6 heteroatoms. The van der Waals surface area contributed by atoms with Gasteiger partial charge in [-0.1, -0.05) is 29.8 Å². The second kappa shape index (κ2) is 5.68. The van der Waals surface area contributed by atoms with Crippen molar-refractivity contribution in [2.45, 2.75) is 31.7 Å². The summed E-state index contributed by atoms with van der Waals surface area (Å²) in [6, 6.07) is 11.3. The topological polar surface area (TPSA) is 81.0 Å². The van der Waals surface area contributed by atoms with Gasteiger partial charge in [0, 0.05) is 22.8 Å². The zero-order chi connectivity index (χ0) is 17.7. The van der Waals surface area contributed by atoms with Gasteiger partial charge in [0.15, 0.2) is 0 Å². The van der Waals surface area contributed by atoms with Crippen LogP contribution in [0.15, 0.2) is 46.6 Å². The number of fused-ring (bicyclic) bond motifs is 1. The Kier molecular flexibility index (Phi) is 3.59. The number of aromatic nitrogens is 1. The minimum absolute atomic E-state index is 0.0166. The van der Waals surface area contributed by atoms with Crippen molar-refractivity contribution in [3.05, 3.63) is 74.0 Å². The summed E-state index contributed by atoms with van der Waals surface area (Å²) in [6.07, 6.45) is 1.97. The van der Waals surface area contributed by atoms with Gasteiger partial charge in [-0.05, 0) is 31.4 Å². The monoisotopic (exact) mass is 353 g/mol. The molecule has 2 N–H and O–H groups in total. The number of hydrogen-bond acceptors (Lipinski definition) is 4. The number of hydrogen-bond donors (Lipinski definition) is 1. The van der Waals surface area contributed by atoms with Crippen molar-refractivity contribution in [2.75, 3.05) is 0 Å². The number of nitriles is 1. The van der Waals surface area contributed by atoms with Crippen LogP contribution >= 0.6 is 11.6 Å². The molecular weight excluding hydrogens is 338 g/mol. The van der Waals surface area contributed by atoms with E-state index in [9.17, 15) is 10.1 Å². The number of halogens is 1. The third-order valence-electron chi connectivity index (χ3n) is 4.75. The van der Waals surface area contributed by atoms with Crippen LogP contribution in [0.3, 0.4) is 0 Å². The summed E-state index contributed by atoms with van der Waals surface area (Å²) < 4.78 is 7.42. The Balaban J connectivity index is 2.04.